The van der Waals surface area contributed by atoms with Crippen LogP contribution in [0.4, 0.5) is 0 Å². The minimum absolute atomic E-state index is 0.193. The average molecular weight is 226 g/mol. The Labute approximate surface area is 97.2 Å². The van der Waals surface area contributed by atoms with E-state index in [4.69, 9.17) is 5.11 Å². The second kappa shape index (κ2) is 5.15. The summed E-state index contributed by atoms with van der Waals surface area (Å²) in [6.07, 6.45) is 4.19. The molecule has 2 fully saturated rings. The standard InChI is InChI=1S/C12H22N2O2/c1-10-7-13(8-11-3-2-4-11)5-6-14(10)9-12(15)16/h10-11H,2-9H2,1H3,(H,15,16)/t10-/m1/s1. The van der Waals surface area contributed by atoms with E-state index in [1.807, 2.05) is 0 Å². The molecule has 1 aliphatic carbocycles. The predicted molar refractivity (Wildman–Crippen MR) is 62.5 cm³/mol. The molecule has 0 aromatic carbocycles. The van der Waals surface area contributed by atoms with Crippen molar-refractivity contribution in [1.29, 1.82) is 0 Å². The zero-order valence-electron chi connectivity index (χ0n) is 10.1. The molecule has 0 aromatic heterocycles. The fourth-order valence-electron chi connectivity index (χ4n) is 2.69. The van der Waals surface area contributed by atoms with Crippen LogP contribution in [0.2, 0.25) is 0 Å². The smallest absolute Gasteiger partial charge is 0.317 e. The highest BCUT2D eigenvalue weighted by molar-refractivity contribution is 5.69. The van der Waals surface area contributed by atoms with E-state index < -0.39 is 5.97 Å². The molecular weight excluding hydrogens is 204 g/mol. The largest absolute Gasteiger partial charge is 0.480 e. The number of rotatable bonds is 4. The van der Waals surface area contributed by atoms with E-state index in [9.17, 15) is 4.79 Å². The number of carboxylic acids is 1. The summed E-state index contributed by atoms with van der Waals surface area (Å²) < 4.78 is 0. The second-order valence-corrected chi connectivity index (χ2v) is 5.27. The molecule has 1 saturated heterocycles. The minimum atomic E-state index is -0.709. The first kappa shape index (κ1) is 11.9. The van der Waals surface area contributed by atoms with E-state index >= 15 is 0 Å². The van der Waals surface area contributed by atoms with Gasteiger partial charge in [0.2, 0.25) is 0 Å². The Bertz CT molecular complexity index is 253. The number of aliphatic carboxylic acids is 1. The monoisotopic (exact) mass is 226 g/mol. The van der Waals surface area contributed by atoms with Crippen molar-refractivity contribution in [3.63, 3.8) is 0 Å². The molecule has 0 amide bonds. The first-order chi connectivity index (χ1) is 7.65. The Morgan fingerprint density at radius 2 is 2.12 bits per heavy atom. The molecule has 0 unspecified atom stereocenters. The van der Waals surface area contributed by atoms with Crippen LogP contribution in [-0.2, 0) is 4.79 Å². The third-order valence-electron chi connectivity index (χ3n) is 3.93. The highest BCUT2D eigenvalue weighted by Crippen LogP contribution is 2.27. The number of piperazine rings is 1. The predicted octanol–water partition coefficient (Wildman–Crippen LogP) is 0.877. The van der Waals surface area contributed by atoms with Crippen molar-refractivity contribution in [3.8, 4) is 0 Å². The lowest BCUT2D eigenvalue weighted by Crippen LogP contribution is -2.54. The fourth-order valence-corrected chi connectivity index (χ4v) is 2.69. The molecule has 0 spiro atoms. The van der Waals surface area contributed by atoms with Crippen molar-refractivity contribution in [2.45, 2.75) is 32.2 Å². The van der Waals surface area contributed by atoms with Crippen LogP contribution in [0.25, 0.3) is 0 Å². The van der Waals surface area contributed by atoms with E-state index in [1.165, 1.54) is 25.8 Å². The Morgan fingerprint density at radius 3 is 2.62 bits per heavy atom. The topological polar surface area (TPSA) is 43.8 Å². The summed E-state index contributed by atoms with van der Waals surface area (Å²) in [4.78, 5) is 15.2. The maximum Gasteiger partial charge on any atom is 0.317 e. The molecule has 1 saturated carbocycles. The lowest BCUT2D eigenvalue weighted by atomic mass is 9.85. The zero-order valence-corrected chi connectivity index (χ0v) is 10.1. The van der Waals surface area contributed by atoms with Crippen LogP contribution in [0.3, 0.4) is 0 Å². The zero-order chi connectivity index (χ0) is 11.5. The second-order valence-electron chi connectivity index (χ2n) is 5.27. The Morgan fingerprint density at radius 1 is 1.38 bits per heavy atom. The highest BCUT2D eigenvalue weighted by atomic mass is 16.4. The van der Waals surface area contributed by atoms with Gasteiger partial charge in [0.1, 0.15) is 0 Å². The summed E-state index contributed by atoms with van der Waals surface area (Å²) in [7, 11) is 0. The maximum atomic E-state index is 10.7. The van der Waals surface area contributed by atoms with E-state index in [2.05, 4.69) is 16.7 Å². The molecule has 1 aliphatic heterocycles. The van der Waals surface area contributed by atoms with Crippen LogP contribution in [0, 0.1) is 5.92 Å². The first-order valence-electron chi connectivity index (χ1n) is 6.33. The Hall–Kier alpha value is -0.610. The molecule has 4 heteroatoms. The van der Waals surface area contributed by atoms with Crippen molar-refractivity contribution in [1.82, 2.24) is 9.80 Å². The minimum Gasteiger partial charge on any atom is -0.480 e. The van der Waals surface area contributed by atoms with E-state index in [0.29, 0.717) is 6.04 Å². The van der Waals surface area contributed by atoms with Crippen LogP contribution >= 0.6 is 0 Å². The normalized spacial score (nSPS) is 28.9. The summed E-state index contributed by atoms with van der Waals surface area (Å²) in [5.74, 6) is 0.206. The lowest BCUT2D eigenvalue weighted by molar-refractivity contribution is -0.139. The third kappa shape index (κ3) is 2.95. The van der Waals surface area contributed by atoms with Gasteiger partial charge in [0.25, 0.3) is 0 Å². The van der Waals surface area contributed by atoms with Crippen LogP contribution < -0.4 is 0 Å². The van der Waals surface area contributed by atoms with E-state index in [1.54, 1.807) is 0 Å². The van der Waals surface area contributed by atoms with Gasteiger partial charge in [-0.15, -0.1) is 0 Å². The molecule has 1 atom stereocenters. The van der Waals surface area contributed by atoms with E-state index in [0.717, 1.165) is 25.6 Å². The van der Waals surface area contributed by atoms with Gasteiger partial charge in [-0.3, -0.25) is 9.69 Å². The van der Waals surface area contributed by atoms with E-state index in [-0.39, 0.29) is 6.54 Å². The van der Waals surface area contributed by atoms with Crippen molar-refractivity contribution < 1.29 is 9.90 Å². The number of carbonyl (C=O) groups is 1. The molecular formula is C12H22N2O2. The van der Waals surface area contributed by atoms with Gasteiger partial charge >= 0.3 is 5.97 Å². The van der Waals surface area contributed by atoms with Crippen molar-refractivity contribution in [3.05, 3.63) is 0 Å². The van der Waals surface area contributed by atoms with Crippen LogP contribution in [0.1, 0.15) is 26.2 Å². The van der Waals surface area contributed by atoms with Gasteiger partial charge in [-0.1, -0.05) is 6.42 Å². The molecule has 0 radical (unpaired) electrons. The first-order valence-corrected chi connectivity index (χ1v) is 6.33. The lowest BCUT2D eigenvalue weighted by Gasteiger charge is -2.41. The van der Waals surface area contributed by atoms with Crippen LogP contribution in [-0.4, -0.2) is 59.6 Å². The quantitative estimate of drug-likeness (QED) is 0.773. The number of nitrogens with zero attached hydrogens (tertiary/aromatic N) is 2. The highest BCUT2D eigenvalue weighted by Gasteiger charge is 2.27. The van der Waals surface area contributed by atoms with Gasteiger partial charge in [0, 0.05) is 32.2 Å². The SMILES string of the molecule is C[C@@H]1CN(CC2CCC2)CCN1CC(=O)O. The molecule has 16 heavy (non-hydrogen) atoms. The van der Waals surface area contributed by atoms with Crippen molar-refractivity contribution in [2.24, 2.45) is 5.92 Å². The molecule has 2 aliphatic rings. The van der Waals surface area contributed by atoms with Crippen LogP contribution in [0.5, 0.6) is 0 Å². The molecule has 4 nitrogen and oxygen atoms in total. The van der Waals surface area contributed by atoms with Crippen LogP contribution in [0.15, 0.2) is 0 Å². The number of hydrogen-bond donors (Lipinski definition) is 1. The maximum absolute atomic E-state index is 10.7. The van der Waals surface area contributed by atoms with Gasteiger partial charge in [-0.25, -0.2) is 0 Å². The van der Waals surface area contributed by atoms with Crippen molar-refractivity contribution in [2.75, 3.05) is 32.7 Å². The molecule has 0 bridgehead atoms. The third-order valence-corrected chi connectivity index (χ3v) is 3.93. The van der Waals surface area contributed by atoms with Crippen molar-refractivity contribution >= 4 is 5.97 Å². The summed E-state index contributed by atoms with van der Waals surface area (Å²) in [6.45, 7) is 6.53. The van der Waals surface area contributed by atoms with Gasteiger partial charge in [-0.2, -0.15) is 0 Å². The Kier molecular flexibility index (Phi) is 3.82. The molecule has 2 rings (SSSR count). The number of hydrogen-bond acceptors (Lipinski definition) is 3. The number of carboxylic acid groups (broad SMARTS) is 1. The summed E-state index contributed by atoms with van der Waals surface area (Å²) >= 11 is 0. The fraction of sp³-hybridized carbons (Fsp3) is 0.917. The molecule has 1 N–H and O–H groups in total. The molecule has 92 valence electrons. The summed E-state index contributed by atoms with van der Waals surface area (Å²) in [5.41, 5.74) is 0. The summed E-state index contributed by atoms with van der Waals surface area (Å²) in [6, 6.07) is 0.380. The van der Waals surface area contributed by atoms with Gasteiger partial charge < -0.3 is 10.0 Å². The summed E-state index contributed by atoms with van der Waals surface area (Å²) in [5, 5.41) is 8.79. The van der Waals surface area contributed by atoms with Gasteiger partial charge in [0.05, 0.1) is 6.54 Å². The average Bonchev–Trinajstić information content (AvgIpc) is 2.15. The Balaban J connectivity index is 1.75. The molecule has 0 aromatic rings. The van der Waals surface area contributed by atoms with Gasteiger partial charge in [-0.05, 0) is 25.7 Å². The molecule has 1 heterocycles. The van der Waals surface area contributed by atoms with Gasteiger partial charge in [0.15, 0.2) is 0 Å².